The third kappa shape index (κ3) is 1.98. The Morgan fingerprint density at radius 3 is 2.62 bits per heavy atom. The van der Waals surface area contributed by atoms with Crippen LogP contribution in [0.5, 0.6) is 0 Å². The van der Waals surface area contributed by atoms with E-state index in [2.05, 4.69) is 17.4 Å². The Labute approximate surface area is 94.3 Å². The molecule has 0 heterocycles. The summed E-state index contributed by atoms with van der Waals surface area (Å²) in [6.07, 6.45) is 0. The summed E-state index contributed by atoms with van der Waals surface area (Å²) in [5.41, 5.74) is 6.21. The Kier molecular flexibility index (Phi) is 2.77. The van der Waals surface area contributed by atoms with E-state index in [1.807, 2.05) is 37.3 Å². The van der Waals surface area contributed by atoms with E-state index in [1.165, 1.54) is 0 Å². The number of hydrogen-bond donors (Lipinski definition) is 2. The van der Waals surface area contributed by atoms with Crippen LogP contribution in [0, 0.1) is 0 Å². The highest BCUT2D eigenvalue weighted by Gasteiger charge is 2.09. The van der Waals surface area contributed by atoms with E-state index in [0.29, 0.717) is 0 Å². The molecule has 0 aromatic heterocycles. The van der Waals surface area contributed by atoms with E-state index in [1.54, 1.807) is 0 Å². The van der Waals surface area contributed by atoms with Crippen LogP contribution in [-0.4, -0.2) is 6.03 Å². The number of amides is 2. The van der Waals surface area contributed by atoms with Gasteiger partial charge in [-0.2, -0.15) is 0 Å². The van der Waals surface area contributed by atoms with Crippen LogP contribution in [0.15, 0.2) is 42.5 Å². The number of nitrogens with two attached hydrogens (primary N) is 1. The first-order valence-corrected chi connectivity index (χ1v) is 5.22. The van der Waals surface area contributed by atoms with Crippen molar-refractivity contribution in [3.8, 4) is 0 Å². The van der Waals surface area contributed by atoms with Gasteiger partial charge in [-0.1, -0.05) is 42.5 Å². The van der Waals surface area contributed by atoms with Gasteiger partial charge in [-0.3, -0.25) is 0 Å². The van der Waals surface area contributed by atoms with Crippen molar-refractivity contribution in [3.63, 3.8) is 0 Å². The number of primary amides is 1. The zero-order valence-corrected chi connectivity index (χ0v) is 9.10. The molecule has 0 fully saturated rings. The molecule has 0 saturated heterocycles. The average Bonchev–Trinajstić information content (AvgIpc) is 2.27. The molecule has 0 unspecified atom stereocenters. The molecule has 0 aliphatic heterocycles. The van der Waals surface area contributed by atoms with Gasteiger partial charge < -0.3 is 11.1 Å². The third-order valence-corrected chi connectivity index (χ3v) is 2.65. The zero-order valence-electron chi connectivity index (χ0n) is 9.10. The van der Waals surface area contributed by atoms with Crippen LogP contribution in [0.2, 0.25) is 0 Å². The summed E-state index contributed by atoms with van der Waals surface area (Å²) in [6, 6.07) is 13.5. The number of rotatable bonds is 2. The molecule has 82 valence electrons. The van der Waals surface area contributed by atoms with E-state index in [9.17, 15) is 4.79 Å². The van der Waals surface area contributed by atoms with Crippen molar-refractivity contribution < 1.29 is 4.79 Å². The Bertz CT molecular complexity index is 517. The highest BCUT2D eigenvalue weighted by molar-refractivity contribution is 5.86. The minimum Gasteiger partial charge on any atom is -0.352 e. The molecular formula is C13H14N2O. The van der Waals surface area contributed by atoms with Crippen molar-refractivity contribution in [2.75, 3.05) is 0 Å². The maximum Gasteiger partial charge on any atom is 0.312 e. The standard InChI is InChI=1S/C13H14N2O/c1-9(15-13(14)16)11-8-4-6-10-5-2-3-7-12(10)11/h2-9H,1H3,(H3,14,15,16)/t9-/m1/s1. The fourth-order valence-corrected chi connectivity index (χ4v) is 1.92. The predicted molar refractivity (Wildman–Crippen MR) is 65.1 cm³/mol. The van der Waals surface area contributed by atoms with Crippen LogP contribution >= 0.6 is 0 Å². The van der Waals surface area contributed by atoms with Crippen molar-refractivity contribution >= 4 is 16.8 Å². The Hall–Kier alpha value is -2.03. The fraction of sp³-hybridized carbons (Fsp3) is 0.154. The first kappa shape index (κ1) is 10.5. The van der Waals surface area contributed by atoms with Gasteiger partial charge >= 0.3 is 6.03 Å². The molecule has 16 heavy (non-hydrogen) atoms. The highest BCUT2D eigenvalue weighted by Crippen LogP contribution is 2.23. The Balaban J connectivity index is 2.47. The minimum atomic E-state index is -0.500. The van der Waals surface area contributed by atoms with Crippen molar-refractivity contribution in [1.82, 2.24) is 5.32 Å². The summed E-state index contributed by atoms with van der Waals surface area (Å²) in [4.78, 5) is 10.8. The van der Waals surface area contributed by atoms with Gasteiger partial charge in [-0.15, -0.1) is 0 Å². The van der Waals surface area contributed by atoms with Gasteiger partial charge in [-0.25, -0.2) is 4.79 Å². The lowest BCUT2D eigenvalue weighted by Gasteiger charge is -2.14. The number of carbonyl (C=O) groups is 1. The number of hydrogen-bond acceptors (Lipinski definition) is 1. The van der Waals surface area contributed by atoms with Gasteiger partial charge in [0.2, 0.25) is 0 Å². The molecule has 2 aromatic rings. The topological polar surface area (TPSA) is 55.1 Å². The van der Waals surface area contributed by atoms with Crippen molar-refractivity contribution in [2.24, 2.45) is 5.73 Å². The SMILES string of the molecule is C[C@@H](NC(N)=O)c1cccc2ccccc12. The van der Waals surface area contributed by atoms with E-state index in [0.717, 1.165) is 16.3 Å². The summed E-state index contributed by atoms with van der Waals surface area (Å²) in [6.45, 7) is 1.92. The summed E-state index contributed by atoms with van der Waals surface area (Å²) in [7, 11) is 0. The van der Waals surface area contributed by atoms with Crippen LogP contribution in [0.25, 0.3) is 10.8 Å². The first-order chi connectivity index (χ1) is 7.68. The first-order valence-electron chi connectivity index (χ1n) is 5.22. The molecule has 2 rings (SSSR count). The smallest absolute Gasteiger partial charge is 0.312 e. The summed E-state index contributed by atoms with van der Waals surface area (Å²) >= 11 is 0. The summed E-state index contributed by atoms with van der Waals surface area (Å²) in [5.74, 6) is 0. The minimum absolute atomic E-state index is 0.0800. The van der Waals surface area contributed by atoms with E-state index < -0.39 is 6.03 Å². The lowest BCUT2D eigenvalue weighted by Crippen LogP contribution is -2.31. The van der Waals surface area contributed by atoms with E-state index in [4.69, 9.17) is 5.73 Å². The largest absolute Gasteiger partial charge is 0.352 e. The highest BCUT2D eigenvalue weighted by atomic mass is 16.2. The number of fused-ring (bicyclic) bond motifs is 1. The zero-order chi connectivity index (χ0) is 11.5. The molecule has 3 heteroatoms. The van der Waals surface area contributed by atoms with Gasteiger partial charge in [0.05, 0.1) is 6.04 Å². The lowest BCUT2D eigenvalue weighted by molar-refractivity contribution is 0.246. The number of urea groups is 1. The fourth-order valence-electron chi connectivity index (χ4n) is 1.92. The van der Waals surface area contributed by atoms with Crippen LogP contribution in [0.3, 0.4) is 0 Å². The van der Waals surface area contributed by atoms with Gasteiger partial charge in [-0.05, 0) is 23.3 Å². The van der Waals surface area contributed by atoms with Gasteiger partial charge in [0.25, 0.3) is 0 Å². The quantitative estimate of drug-likeness (QED) is 0.793. The second-order valence-electron chi connectivity index (χ2n) is 3.80. The maximum absolute atomic E-state index is 10.8. The molecule has 3 nitrogen and oxygen atoms in total. The van der Waals surface area contributed by atoms with Crippen LogP contribution in [-0.2, 0) is 0 Å². The second-order valence-corrected chi connectivity index (χ2v) is 3.80. The van der Waals surface area contributed by atoms with Crippen molar-refractivity contribution in [3.05, 3.63) is 48.0 Å². The second kappa shape index (κ2) is 4.23. The molecule has 2 aromatic carbocycles. The van der Waals surface area contributed by atoms with Crippen LogP contribution < -0.4 is 11.1 Å². The molecular weight excluding hydrogens is 200 g/mol. The summed E-state index contributed by atoms with van der Waals surface area (Å²) in [5, 5.41) is 5.00. The molecule has 0 aliphatic rings. The number of benzene rings is 2. The third-order valence-electron chi connectivity index (χ3n) is 2.65. The van der Waals surface area contributed by atoms with Gasteiger partial charge in [0, 0.05) is 0 Å². The lowest BCUT2D eigenvalue weighted by atomic mass is 10.00. The average molecular weight is 214 g/mol. The molecule has 0 aliphatic carbocycles. The molecule has 0 radical (unpaired) electrons. The normalized spacial score (nSPS) is 12.3. The summed E-state index contributed by atoms with van der Waals surface area (Å²) < 4.78 is 0. The number of nitrogens with one attached hydrogen (secondary N) is 1. The number of carbonyl (C=O) groups excluding carboxylic acids is 1. The molecule has 0 saturated carbocycles. The van der Waals surface area contributed by atoms with Gasteiger partial charge in [0.15, 0.2) is 0 Å². The molecule has 2 amide bonds. The van der Waals surface area contributed by atoms with Crippen LogP contribution in [0.4, 0.5) is 4.79 Å². The van der Waals surface area contributed by atoms with E-state index >= 15 is 0 Å². The molecule has 3 N–H and O–H groups in total. The van der Waals surface area contributed by atoms with Crippen molar-refractivity contribution in [2.45, 2.75) is 13.0 Å². The van der Waals surface area contributed by atoms with Crippen LogP contribution in [0.1, 0.15) is 18.5 Å². The molecule has 0 spiro atoms. The monoisotopic (exact) mass is 214 g/mol. The molecule has 1 atom stereocenters. The maximum atomic E-state index is 10.8. The predicted octanol–water partition coefficient (Wildman–Crippen LogP) is 2.57. The Morgan fingerprint density at radius 1 is 1.19 bits per heavy atom. The van der Waals surface area contributed by atoms with Crippen molar-refractivity contribution in [1.29, 1.82) is 0 Å². The van der Waals surface area contributed by atoms with E-state index in [-0.39, 0.29) is 6.04 Å². The Morgan fingerprint density at radius 2 is 1.88 bits per heavy atom. The molecule has 0 bridgehead atoms. The van der Waals surface area contributed by atoms with Gasteiger partial charge in [0.1, 0.15) is 0 Å².